The van der Waals surface area contributed by atoms with Gasteiger partial charge < -0.3 is 19.9 Å². The molecule has 8 heteroatoms. The molecule has 0 aliphatic carbocycles. The van der Waals surface area contributed by atoms with Crippen LogP contribution in [0.15, 0.2) is 29.3 Å². The highest BCUT2D eigenvalue weighted by atomic mass is 127. The van der Waals surface area contributed by atoms with E-state index in [0.717, 1.165) is 55.8 Å². The second-order valence-corrected chi connectivity index (χ2v) is 7.09. The summed E-state index contributed by atoms with van der Waals surface area (Å²) in [5, 5.41) is 7.95. The minimum Gasteiger partial charge on any atom is -0.495 e. The van der Waals surface area contributed by atoms with Crippen LogP contribution in [0.25, 0.3) is 0 Å². The Bertz CT molecular complexity index is 827. The van der Waals surface area contributed by atoms with Crippen molar-refractivity contribution in [2.75, 3.05) is 44.7 Å². The first kappa shape index (κ1) is 23.3. The van der Waals surface area contributed by atoms with Gasteiger partial charge in [0.25, 0.3) is 0 Å². The molecule has 2 aromatic rings. The third kappa shape index (κ3) is 5.34. The number of nitrogens with zero attached hydrogens (tertiary/aromatic N) is 5. The van der Waals surface area contributed by atoms with Gasteiger partial charge in [-0.15, -0.1) is 24.0 Å². The highest BCUT2D eigenvalue weighted by molar-refractivity contribution is 14.0. The van der Waals surface area contributed by atoms with Gasteiger partial charge >= 0.3 is 0 Å². The number of hydrogen-bond acceptors (Lipinski definition) is 4. The number of ether oxygens (including phenoxy) is 1. The van der Waals surface area contributed by atoms with Crippen molar-refractivity contribution in [1.29, 1.82) is 0 Å². The molecule has 1 N–H and O–H groups in total. The van der Waals surface area contributed by atoms with Crippen molar-refractivity contribution < 1.29 is 4.74 Å². The number of benzene rings is 1. The second-order valence-electron chi connectivity index (χ2n) is 7.09. The fraction of sp³-hybridized carbons (Fsp3) is 0.524. The van der Waals surface area contributed by atoms with Crippen LogP contribution in [0.5, 0.6) is 5.75 Å². The number of para-hydroxylation sites is 2. The molecule has 1 aliphatic rings. The minimum absolute atomic E-state index is 0. The molecule has 0 spiro atoms. The monoisotopic (exact) mass is 512 g/mol. The Labute approximate surface area is 191 Å². The van der Waals surface area contributed by atoms with E-state index in [4.69, 9.17) is 9.73 Å². The summed E-state index contributed by atoms with van der Waals surface area (Å²) >= 11 is 0. The SMILES string of the molecule is CCNC(=NCc1c(C)nn(C)c1C)N1CCN(c2ccccc2OC)CC1.I. The Balaban J connectivity index is 0.00000300. The first-order valence-corrected chi connectivity index (χ1v) is 9.95. The summed E-state index contributed by atoms with van der Waals surface area (Å²) in [5.74, 6) is 1.91. The molecule has 160 valence electrons. The lowest BCUT2D eigenvalue weighted by molar-refractivity contribution is 0.367. The minimum atomic E-state index is 0. The van der Waals surface area contributed by atoms with Crippen LogP contribution in [-0.4, -0.2) is 60.5 Å². The van der Waals surface area contributed by atoms with Crippen LogP contribution in [0, 0.1) is 13.8 Å². The first-order chi connectivity index (χ1) is 13.5. The summed E-state index contributed by atoms with van der Waals surface area (Å²) in [6, 6.07) is 8.22. The first-order valence-electron chi connectivity index (χ1n) is 9.95. The maximum Gasteiger partial charge on any atom is 0.194 e. The van der Waals surface area contributed by atoms with Crippen LogP contribution in [0.4, 0.5) is 5.69 Å². The summed E-state index contributed by atoms with van der Waals surface area (Å²) < 4.78 is 7.45. The molecule has 1 aromatic carbocycles. The molecule has 0 radical (unpaired) electrons. The van der Waals surface area contributed by atoms with Crippen molar-refractivity contribution in [2.24, 2.45) is 12.0 Å². The van der Waals surface area contributed by atoms with E-state index in [1.807, 2.05) is 23.9 Å². The van der Waals surface area contributed by atoms with Crippen LogP contribution in [0.3, 0.4) is 0 Å². The highest BCUT2D eigenvalue weighted by Crippen LogP contribution is 2.28. The van der Waals surface area contributed by atoms with E-state index in [0.29, 0.717) is 6.54 Å². The Morgan fingerprint density at radius 1 is 1.17 bits per heavy atom. The van der Waals surface area contributed by atoms with Crippen molar-refractivity contribution in [3.63, 3.8) is 0 Å². The summed E-state index contributed by atoms with van der Waals surface area (Å²) in [5.41, 5.74) is 4.61. The predicted octanol–water partition coefficient (Wildman–Crippen LogP) is 2.95. The molecule has 7 nitrogen and oxygen atoms in total. The number of hydrogen-bond donors (Lipinski definition) is 1. The van der Waals surface area contributed by atoms with Gasteiger partial charge in [0.05, 0.1) is 25.0 Å². The van der Waals surface area contributed by atoms with Crippen molar-refractivity contribution in [1.82, 2.24) is 20.0 Å². The Morgan fingerprint density at radius 3 is 2.45 bits per heavy atom. The van der Waals surface area contributed by atoms with Gasteiger partial charge in [0.15, 0.2) is 5.96 Å². The van der Waals surface area contributed by atoms with Crippen LogP contribution < -0.4 is 15.0 Å². The second kappa shape index (κ2) is 10.7. The summed E-state index contributed by atoms with van der Waals surface area (Å²) in [4.78, 5) is 9.64. The highest BCUT2D eigenvalue weighted by Gasteiger charge is 2.22. The standard InChI is InChI=1S/C21H32N6O.HI/c1-6-22-21(23-15-18-16(2)24-25(4)17(18)3)27-13-11-26(12-14-27)19-9-7-8-10-20(19)28-5;/h7-10H,6,11-15H2,1-5H3,(H,22,23);1H. The van der Waals surface area contributed by atoms with Gasteiger partial charge in [-0.05, 0) is 32.9 Å². The fourth-order valence-electron chi connectivity index (χ4n) is 3.68. The Hall–Kier alpha value is -1.97. The van der Waals surface area contributed by atoms with Gasteiger partial charge in [-0.2, -0.15) is 5.10 Å². The lowest BCUT2D eigenvalue weighted by Crippen LogP contribution is -2.52. The number of aromatic nitrogens is 2. The molecule has 1 aliphatic heterocycles. The largest absolute Gasteiger partial charge is 0.495 e. The van der Waals surface area contributed by atoms with E-state index in [-0.39, 0.29) is 24.0 Å². The smallest absolute Gasteiger partial charge is 0.194 e. The van der Waals surface area contributed by atoms with Crippen molar-refractivity contribution >= 4 is 35.6 Å². The van der Waals surface area contributed by atoms with E-state index in [1.165, 1.54) is 11.3 Å². The van der Waals surface area contributed by atoms with Gasteiger partial charge in [0, 0.05) is 51.0 Å². The van der Waals surface area contributed by atoms with Crippen molar-refractivity contribution in [3.8, 4) is 5.75 Å². The van der Waals surface area contributed by atoms with Crippen LogP contribution in [0.2, 0.25) is 0 Å². The van der Waals surface area contributed by atoms with Crippen LogP contribution in [0.1, 0.15) is 23.9 Å². The van der Waals surface area contributed by atoms with Crippen molar-refractivity contribution in [3.05, 3.63) is 41.2 Å². The number of halogens is 1. The molecule has 1 aromatic heterocycles. The number of rotatable bonds is 5. The molecule has 0 bridgehead atoms. The van der Waals surface area contributed by atoms with Crippen LogP contribution >= 0.6 is 24.0 Å². The van der Waals surface area contributed by atoms with Crippen LogP contribution in [-0.2, 0) is 13.6 Å². The number of aryl methyl sites for hydroxylation is 2. The predicted molar refractivity (Wildman–Crippen MR) is 130 cm³/mol. The molecule has 1 fully saturated rings. The molecule has 0 atom stereocenters. The Morgan fingerprint density at radius 2 is 1.86 bits per heavy atom. The van der Waals surface area contributed by atoms with Gasteiger partial charge in [0.1, 0.15) is 5.75 Å². The zero-order chi connectivity index (χ0) is 20.1. The maximum absolute atomic E-state index is 5.52. The maximum atomic E-state index is 5.52. The summed E-state index contributed by atoms with van der Waals surface area (Å²) in [6.45, 7) is 11.5. The van der Waals surface area contributed by atoms with E-state index in [2.05, 4.69) is 53.1 Å². The molecule has 1 saturated heterocycles. The third-order valence-corrected chi connectivity index (χ3v) is 5.39. The number of methoxy groups -OCH3 is 1. The number of aliphatic imine (C=N–C) groups is 1. The molecule has 0 amide bonds. The van der Waals surface area contributed by atoms with E-state index < -0.39 is 0 Å². The molecule has 0 saturated carbocycles. The van der Waals surface area contributed by atoms with Gasteiger partial charge in [-0.1, -0.05) is 12.1 Å². The molecular formula is C21H33IN6O. The summed E-state index contributed by atoms with van der Waals surface area (Å²) in [7, 11) is 3.71. The normalized spacial score (nSPS) is 14.6. The van der Waals surface area contributed by atoms with E-state index >= 15 is 0 Å². The van der Waals surface area contributed by atoms with E-state index in [9.17, 15) is 0 Å². The molecule has 3 rings (SSSR count). The fourth-order valence-corrected chi connectivity index (χ4v) is 3.68. The Kier molecular flexibility index (Phi) is 8.60. The van der Waals surface area contributed by atoms with Crippen molar-refractivity contribution in [2.45, 2.75) is 27.3 Å². The van der Waals surface area contributed by atoms with Gasteiger partial charge in [-0.3, -0.25) is 4.68 Å². The average Bonchev–Trinajstić information content (AvgIpc) is 2.96. The number of nitrogens with one attached hydrogen (secondary N) is 1. The number of piperazine rings is 1. The topological polar surface area (TPSA) is 57.9 Å². The third-order valence-electron chi connectivity index (χ3n) is 5.39. The van der Waals surface area contributed by atoms with Gasteiger partial charge in [-0.25, -0.2) is 4.99 Å². The summed E-state index contributed by atoms with van der Waals surface area (Å²) in [6.07, 6.45) is 0. The molecule has 0 unspecified atom stereocenters. The van der Waals surface area contributed by atoms with E-state index in [1.54, 1.807) is 7.11 Å². The molecule has 2 heterocycles. The zero-order valence-corrected chi connectivity index (χ0v) is 20.4. The molecular weight excluding hydrogens is 479 g/mol. The lowest BCUT2D eigenvalue weighted by Gasteiger charge is -2.38. The number of anilines is 1. The molecule has 29 heavy (non-hydrogen) atoms. The average molecular weight is 512 g/mol. The zero-order valence-electron chi connectivity index (χ0n) is 18.1. The number of guanidine groups is 1. The lowest BCUT2D eigenvalue weighted by atomic mass is 10.2. The van der Waals surface area contributed by atoms with Gasteiger partial charge in [0.2, 0.25) is 0 Å². The quantitative estimate of drug-likeness (QED) is 0.380.